The lowest BCUT2D eigenvalue weighted by molar-refractivity contribution is -0.122. The quantitative estimate of drug-likeness (QED) is 0.730. The van der Waals surface area contributed by atoms with E-state index in [4.69, 9.17) is 5.26 Å². The molecule has 80 valence electrons. The van der Waals surface area contributed by atoms with Crippen LogP contribution in [0.3, 0.4) is 0 Å². The molecule has 0 bridgehead atoms. The number of nitrogens with one attached hydrogen (secondary N) is 1. The van der Waals surface area contributed by atoms with Gasteiger partial charge < -0.3 is 9.88 Å². The molecule has 1 unspecified atom stereocenters. The Balaban J connectivity index is 2.32. The molecule has 6 nitrogen and oxygen atoms in total. The summed E-state index contributed by atoms with van der Waals surface area (Å²) in [5, 5.41) is 18.7. The zero-order valence-electron chi connectivity index (χ0n) is 8.77. The molecule has 1 aromatic heterocycles. The number of carbonyl (C=O) groups excluding carboxylic acids is 1. The maximum atomic E-state index is 11.2. The van der Waals surface area contributed by atoms with Crippen LogP contribution < -0.4 is 5.32 Å². The Kier molecular flexibility index (Phi) is 3.80. The van der Waals surface area contributed by atoms with Crippen LogP contribution in [0.5, 0.6) is 0 Å². The first-order chi connectivity index (χ1) is 7.15. The predicted octanol–water partition coefficient (Wildman–Crippen LogP) is -0.367. The van der Waals surface area contributed by atoms with Crippen molar-refractivity contribution in [2.75, 3.05) is 6.54 Å². The number of amides is 1. The third-order valence-electron chi connectivity index (χ3n) is 2.04. The number of nitriles is 1. The van der Waals surface area contributed by atoms with Crippen LogP contribution >= 0.6 is 0 Å². The number of rotatable bonds is 4. The molecule has 15 heavy (non-hydrogen) atoms. The highest BCUT2D eigenvalue weighted by molar-refractivity contribution is 5.80. The highest BCUT2D eigenvalue weighted by Gasteiger charge is 2.10. The highest BCUT2D eigenvalue weighted by atomic mass is 16.1. The third kappa shape index (κ3) is 3.06. The molecule has 0 aliphatic heterocycles. The van der Waals surface area contributed by atoms with Gasteiger partial charge in [0.1, 0.15) is 18.1 Å². The number of nitrogens with zero attached hydrogens (tertiary/aromatic N) is 4. The fraction of sp³-hybridized carbons (Fsp3) is 0.556. The largest absolute Gasteiger partial charge is 0.355 e. The van der Waals surface area contributed by atoms with Gasteiger partial charge in [0, 0.05) is 20.0 Å². The molecule has 0 radical (unpaired) electrons. The molecule has 1 heterocycles. The van der Waals surface area contributed by atoms with E-state index in [0.29, 0.717) is 13.0 Å². The van der Waals surface area contributed by atoms with Crippen molar-refractivity contribution in [3.8, 4) is 6.07 Å². The molecular formula is C9H13N5O. The second kappa shape index (κ2) is 5.10. The molecule has 0 aliphatic rings. The number of carbonyl (C=O) groups is 1. The summed E-state index contributed by atoms with van der Waals surface area (Å²) >= 11 is 0. The van der Waals surface area contributed by atoms with Gasteiger partial charge in [-0.05, 0) is 6.92 Å². The van der Waals surface area contributed by atoms with Gasteiger partial charge in [0.15, 0.2) is 0 Å². The molecular weight excluding hydrogens is 194 g/mol. The van der Waals surface area contributed by atoms with E-state index >= 15 is 0 Å². The molecule has 1 rings (SSSR count). The Morgan fingerprint density at radius 1 is 1.80 bits per heavy atom. The SMILES string of the molecule is CC(C#N)C(=O)NCCc1nncn1C. The summed E-state index contributed by atoms with van der Waals surface area (Å²) in [6.07, 6.45) is 2.22. The lowest BCUT2D eigenvalue weighted by Gasteiger charge is -2.05. The zero-order chi connectivity index (χ0) is 11.3. The van der Waals surface area contributed by atoms with Crippen molar-refractivity contribution in [3.05, 3.63) is 12.2 Å². The summed E-state index contributed by atoms with van der Waals surface area (Å²) in [5.41, 5.74) is 0. The normalized spacial score (nSPS) is 11.8. The molecule has 1 amide bonds. The Bertz CT molecular complexity index is 378. The minimum absolute atomic E-state index is 0.250. The first kappa shape index (κ1) is 11.2. The molecule has 6 heteroatoms. The van der Waals surface area contributed by atoms with Gasteiger partial charge in [-0.3, -0.25) is 4.79 Å². The summed E-state index contributed by atoms with van der Waals surface area (Å²) in [6, 6.07) is 1.87. The Morgan fingerprint density at radius 2 is 2.53 bits per heavy atom. The minimum atomic E-state index is -0.607. The first-order valence-corrected chi connectivity index (χ1v) is 4.65. The van der Waals surface area contributed by atoms with Crippen LogP contribution in [0.1, 0.15) is 12.7 Å². The average molecular weight is 207 g/mol. The van der Waals surface area contributed by atoms with Crippen LogP contribution in [0.2, 0.25) is 0 Å². The van der Waals surface area contributed by atoms with Crippen LogP contribution in [-0.2, 0) is 18.3 Å². The lowest BCUT2D eigenvalue weighted by atomic mass is 10.2. The van der Waals surface area contributed by atoms with E-state index in [2.05, 4.69) is 15.5 Å². The smallest absolute Gasteiger partial charge is 0.237 e. The standard InChI is InChI=1S/C9H13N5O/c1-7(5-10)9(15)11-4-3-8-13-12-6-14(8)2/h6-7H,3-4H2,1-2H3,(H,11,15). The van der Waals surface area contributed by atoms with E-state index < -0.39 is 5.92 Å². The summed E-state index contributed by atoms with van der Waals surface area (Å²) in [5.74, 6) is -0.0518. The van der Waals surface area contributed by atoms with Crippen LogP contribution in [0, 0.1) is 17.2 Å². The Labute approximate surface area is 87.9 Å². The maximum Gasteiger partial charge on any atom is 0.237 e. The third-order valence-corrected chi connectivity index (χ3v) is 2.04. The van der Waals surface area contributed by atoms with E-state index in [-0.39, 0.29) is 5.91 Å². The minimum Gasteiger partial charge on any atom is -0.355 e. The van der Waals surface area contributed by atoms with Crippen LogP contribution in [0.15, 0.2) is 6.33 Å². The van der Waals surface area contributed by atoms with Gasteiger partial charge in [-0.2, -0.15) is 5.26 Å². The second-order valence-corrected chi connectivity index (χ2v) is 3.25. The first-order valence-electron chi connectivity index (χ1n) is 4.65. The van der Waals surface area contributed by atoms with Crippen LogP contribution in [0.25, 0.3) is 0 Å². The fourth-order valence-corrected chi connectivity index (χ4v) is 1.04. The van der Waals surface area contributed by atoms with E-state index in [1.807, 2.05) is 13.1 Å². The monoisotopic (exact) mass is 207 g/mol. The number of hydrogen-bond acceptors (Lipinski definition) is 4. The van der Waals surface area contributed by atoms with Gasteiger partial charge >= 0.3 is 0 Å². The van der Waals surface area contributed by atoms with E-state index in [1.54, 1.807) is 17.8 Å². The fourth-order valence-electron chi connectivity index (χ4n) is 1.04. The molecule has 1 atom stereocenters. The summed E-state index contributed by atoms with van der Waals surface area (Å²) in [4.78, 5) is 11.2. The maximum absolute atomic E-state index is 11.2. The highest BCUT2D eigenvalue weighted by Crippen LogP contribution is 1.93. The van der Waals surface area contributed by atoms with Crippen molar-refractivity contribution in [2.45, 2.75) is 13.3 Å². The van der Waals surface area contributed by atoms with Gasteiger partial charge in [0.2, 0.25) is 5.91 Å². The molecule has 0 aromatic carbocycles. The van der Waals surface area contributed by atoms with Crippen molar-refractivity contribution < 1.29 is 4.79 Å². The Morgan fingerprint density at radius 3 is 3.07 bits per heavy atom. The number of aromatic nitrogens is 3. The van der Waals surface area contributed by atoms with Crippen LogP contribution in [-0.4, -0.2) is 27.2 Å². The van der Waals surface area contributed by atoms with Crippen LogP contribution in [0.4, 0.5) is 0 Å². The predicted molar refractivity (Wildman–Crippen MR) is 52.5 cm³/mol. The molecule has 0 spiro atoms. The van der Waals surface area contributed by atoms with E-state index in [0.717, 1.165) is 5.82 Å². The molecule has 1 N–H and O–H groups in total. The molecule has 0 fully saturated rings. The van der Waals surface area contributed by atoms with Crippen molar-refractivity contribution in [2.24, 2.45) is 13.0 Å². The number of aryl methyl sites for hydroxylation is 1. The molecule has 0 saturated carbocycles. The molecule has 1 aromatic rings. The lowest BCUT2D eigenvalue weighted by Crippen LogP contribution is -2.30. The second-order valence-electron chi connectivity index (χ2n) is 3.25. The Hall–Kier alpha value is -1.90. The van der Waals surface area contributed by atoms with Gasteiger partial charge in [-0.15, -0.1) is 10.2 Å². The van der Waals surface area contributed by atoms with Gasteiger partial charge in [-0.1, -0.05) is 0 Å². The van der Waals surface area contributed by atoms with Crippen molar-refractivity contribution in [3.63, 3.8) is 0 Å². The van der Waals surface area contributed by atoms with Gasteiger partial charge in [0.25, 0.3) is 0 Å². The van der Waals surface area contributed by atoms with E-state index in [9.17, 15) is 4.79 Å². The van der Waals surface area contributed by atoms with Gasteiger partial charge in [-0.25, -0.2) is 0 Å². The topological polar surface area (TPSA) is 83.6 Å². The molecule has 0 aliphatic carbocycles. The van der Waals surface area contributed by atoms with Crippen molar-refractivity contribution in [1.29, 1.82) is 5.26 Å². The average Bonchev–Trinajstić information content (AvgIpc) is 2.63. The summed E-state index contributed by atoms with van der Waals surface area (Å²) in [7, 11) is 1.84. The van der Waals surface area contributed by atoms with Crippen molar-refractivity contribution >= 4 is 5.91 Å². The summed E-state index contributed by atoms with van der Waals surface area (Å²) < 4.78 is 1.79. The molecule has 0 saturated heterocycles. The zero-order valence-corrected chi connectivity index (χ0v) is 8.77. The van der Waals surface area contributed by atoms with E-state index in [1.165, 1.54) is 0 Å². The summed E-state index contributed by atoms with van der Waals surface area (Å²) in [6.45, 7) is 2.04. The number of hydrogen-bond donors (Lipinski definition) is 1. The van der Waals surface area contributed by atoms with Crippen molar-refractivity contribution in [1.82, 2.24) is 20.1 Å². The van der Waals surface area contributed by atoms with Gasteiger partial charge in [0.05, 0.1) is 6.07 Å².